The molecular formula is C25H28FN3O2. The molecule has 3 aliphatic rings. The number of benzene rings is 2. The van der Waals surface area contributed by atoms with E-state index >= 15 is 0 Å². The molecule has 5 nitrogen and oxygen atoms in total. The second-order valence-electron chi connectivity index (χ2n) is 9.08. The van der Waals surface area contributed by atoms with Crippen LogP contribution in [0, 0.1) is 11.7 Å². The Morgan fingerprint density at radius 3 is 2.42 bits per heavy atom. The molecule has 0 aromatic heterocycles. The molecule has 162 valence electrons. The van der Waals surface area contributed by atoms with Crippen LogP contribution in [0.5, 0.6) is 0 Å². The molecule has 5 rings (SSSR count). The van der Waals surface area contributed by atoms with Gasteiger partial charge >= 0.3 is 0 Å². The van der Waals surface area contributed by atoms with Gasteiger partial charge in [-0.2, -0.15) is 0 Å². The lowest BCUT2D eigenvalue weighted by molar-refractivity contribution is -0.123. The zero-order valence-corrected chi connectivity index (χ0v) is 17.5. The van der Waals surface area contributed by atoms with Crippen molar-refractivity contribution in [3.63, 3.8) is 0 Å². The van der Waals surface area contributed by atoms with E-state index in [0.717, 1.165) is 37.9 Å². The molecule has 3 fully saturated rings. The summed E-state index contributed by atoms with van der Waals surface area (Å²) in [6, 6.07) is 16.6. The molecule has 1 N–H and O–H groups in total. The highest BCUT2D eigenvalue weighted by atomic mass is 19.1. The van der Waals surface area contributed by atoms with E-state index in [1.807, 2.05) is 47.4 Å². The highest BCUT2D eigenvalue weighted by molar-refractivity contribution is 5.94. The van der Waals surface area contributed by atoms with E-state index in [0.29, 0.717) is 24.7 Å². The predicted octanol–water partition coefficient (Wildman–Crippen LogP) is 3.03. The maximum atomic E-state index is 13.5. The molecule has 2 amide bonds. The molecule has 1 saturated carbocycles. The molecule has 2 aromatic rings. The topological polar surface area (TPSA) is 52.7 Å². The average molecular weight is 422 g/mol. The highest BCUT2D eigenvalue weighted by Crippen LogP contribution is 2.42. The van der Waals surface area contributed by atoms with Crippen LogP contribution in [0.1, 0.15) is 41.1 Å². The molecule has 2 heterocycles. The summed E-state index contributed by atoms with van der Waals surface area (Å²) in [5.41, 5.74) is 1.76. The number of hydrogen-bond acceptors (Lipinski definition) is 3. The van der Waals surface area contributed by atoms with Gasteiger partial charge in [0.15, 0.2) is 0 Å². The number of nitrogens with one attached hydrogen (secondary N) is 1. The first-order valence-electron chi connectivity index (χ1n) is 11.2. The first-order chi connectivity index (χ1) is 15.1. The number of fused-ring (bicyclic) bond motifs is 1. The fourth-order valence-corrected chi connectivity index (χ4v) is 5.20. The van der Waals surface area contributed by atoms with Crippen molar-refractivity contribution in [1.82, 2.24) is 15.1 Å². The van der Waals surface area contributed by atoms with Gasteiger partial charge < -0.3 is 10.2 Å². The van der Waals surface area contributed by atoms with Gasteiger partial charge in [0.05, 0.1) is 6.54 Å². The zero-order chi connectivity index (χ0) is 21.4. The van der Waals surface area contributed by atoms with E-state index in [2.05, 4.69) is 10.2 Å². The van der Waals surface area contributed by atoms with Crippen molar-refractivity contribution in [3.8, 4) is 0 Å². The Bertz CT molecular complexity index is 945. The number of halogens is 1. The van der Waals surface area contributed by atoms with Crippen LogP contribution < -0.4 is 5.32 Å². The molecular weight excluding hydrogens is 393 g/mol. The third kappa shape index (κ3) is 4.35. The quantitative estimate of drug-likeness (QED) is 0.808. The number of piperidine rings is 1. The summed E-state index contributed by atoms with van der Waals surface area (Å²) in [7, 11) is 0. The lowest BCUT2D eigenvalue weighted by atomic mass is 9.82. The Balaban J connectivity index is 1.36. The standard InChI is InChI=1S/C25H28FN3O2/c26-19-8-6-17(7-9-19)21-15-29(25(31)18-4-2-1-3-5-18)23-12-13-28(14-22(21)23)16-24(30)27-20-10-11-20/h1-9,20-23H,10-16H2,(H,27,30)/t21-,22-,23-/m1/s1. The Morgan fingerprint density at radius 2 is 1.71 bits per heavy atom. The largest absolute Gasteiger partial charge is 0.352 e. The minimum absolute atomic E-state index is 0.0557. The van der Waals surface area contributed by atoms with E-state index < -0.39 is 0 Å². The third-order valence-corrected chi connectivity index (χ3v) is 6.90. The number of amides is 2. The molecule has 2 aromatic carbocycles. The van der Waals surface area contributed by atoms with Gasteiger partial charge in [-0.25, -0.2) is 4.39 Å². The second kappa shape index (κ2) is 8.42. The van der Waals surface area contributed by atoms with Crippen LogP contribution in [-0.2, 0) is 4.79 Å². The summed E-state index contributed by atoms with van der Waals surface area (Å²) in [6.07, 6.45) is 3.01. The molecule has 2 saturated heterocycles. The number of hydrogen-bond donors (Lipinski definition) is 1. The van der Waals surface area contributed by atoms with E-state index in [9.17, 15) is 14.0 Å². The van der Waals surface area contributed by atoms with Crippen LogP contribution in [0.2, 0.25) is 0 Å². The number of carbonyl (C=O) groups excluding carboxylic acids is 2. The van der Waals surface area contributed by atoms with Crippen molar-refractivity contribution in [3.05, 3.63) is 71.5 Å². The SMILES string of the molecule is O=C(CN1CC[C@@H]2[C@H](C1)[C@@H](c1ccc(F)cc1)CN2C(=O)c1ccccc1)NC1CC1. The highest BCUT2D eigenvalue weighted by Gasteiger charge is 2.47. The van der Waals surface area contributed by atoms with Gasteiger partial charge in [0.1, 0.15) is 5.82 Å². The van der Waals surface area contributed by atoms with Crippen molar-refractivity contribution in [2.75, 3.05) is 26.2 Å². The average Bonchev–Trinajstić information content (AvgIpc) is 3.52. The van der Waals surface area contributed by atoms with Crippen LogP contribution in [0.4, 0.5) is 4.39 Å². The van der Waals surface area contributed by atoms with E-state index in [4.69, 9.17) is 0 Å². The zero-order valence-electron chi connectivity index (χ0n) is 17.5. The van der Waals surface area contributed by atoms with Crippen LogP contribution >= 0.6 is 0 Å². The van der Waals surface area contributed by atoms with Crippen LogP contribution in [0.15, 0.2) is 54.6 Å². The van der Waals surface area contributed by atoms with E-state index in [1.54, 1.807) is 0 Å². The maximum absolute atomic E-state index is 13.5. The molecule has 0 bridgehead atoms. The Morgan fingerprint density at radius 1 is 0.968 bits per heavy atom. The van der Waals surface area contributed by atoms with Gasteiger partial charge in [-0.1, -0.05) is 30.3 Å². The summed E-state index contributed by atoms with van der Waals surface area (Å²) in [6.45, 7) is 2.59. The molecule has 1 aliphatic carbocycles. The summed E-state index contributed by atoms with van der Waals surface area (Å²) >= 11 is 0. The number of rotatable bonds is 5. The number of likely N-dealkylation sites (tertiary alicyclic amines) is 2. The molecule has 0 unspecified atom stereocenters. The molecule has 0 spiro atoms. The van der Waals surface area contributed by atoms with Gasteiger partial charge in [-0.15, -0.1) is 0 Å². The molecule has 3 atom stereocenters. The molecule has 0 radical (unpaired) electrons. The van der Waals surface area contributed by atoms with Gasteiger partial charge in [-0.05, 0) is 49.1 Å². The van der Waals surface area contributed by atoms with Crippen molar-refractivity contribution < 1.29 is 14.0 Å². The normalized spacial score (nSPS) is 25.8. The predicted molar refractivity (Wildman–Crippen MR) is 116 cm³/mol. The maximum Gasteiger partial charge on any atom is 0.254 e. The van der Waals surface area contributed by atoms with Gasteiger partial charge in [0.2, 0.25) is 5.91 Å². The third-order valence-electron chi connectivity index (χ3n) is 6.90. The summed E-state index contributed by atoms with van der Waals surface area (Å²) < 4.78 is 13.5. The molecule has 2 aliphatic heterocycles. The Kier molecular flexibility index (Phi) is 5.48. The van der Waals surface area contributed by atoms with Gasteiger partial charge in [-0.3, -0.25) is 14.5 Å². The second-order valence-corrected chi connectivity index (χ2v) is 9.08. The minimum Gasteiger partial charge on any atom is -0.352 e. The van der Waals surface area contributed by atoms with Crippen molar-refractivity contribution >= 4 is 11.8 Å². The monoisotopic (exact) mass is 421 g/mol. The molecule has 6 heteroatoms. The summed E-state index contributed by atoms with van der Waals surface area (Å²) in [5.74, 6) is 0.250. The van der Waals surface area contributed by atoms with Gasteiger partial charge in [0, 0.05) is 49.1 Å². The Hall–Kier alpha value is -2.73. The van der Waals surface area contributed by atoms with Crippen molar-refractivity contribution in [2.45, 2.75) is 37.3 Å². The van der Waals surface area contributed by atoms with Crippen molar-refractivity contribution in [1.29, 1.82) is 0 Å². The number of carbonyl (C=O) groups is 2. The van der Waals surface area contributed by atoms with E-state index in [1.165, 1.54) is 12.1 Å². The van der Waals surface area contributed by atoms with Crippen LogP contribution in [0.25, 0.3) is 0 Å². The molecule has 31 heavy (non-hydrogen) atoms. The van der Waals surface area contributed by atoms with Crippen molar-refractivity contribution in [2.24, 2.45) is 5.92 Å². The minimum atomic E-state index is -0.252. The first-order valence-corrected chi connectivity index (χ1v) is 11.2. The lowest BCUT2D eigenvalue weighted by Gasteiger charge is -2.38. The van der Waals surface area contributed by atoms with E-state index in [-0.39, 0.29) is 35.5 Å². The Labute approximate surface area is 182 Å². The summed E-state index contributed by atoms with van der Waals surface area (Å²) in [4.78, 5) is 29.9. The van der Waals surface area contributed by atoms with Crippen LogP contribution in [-0.4, -0.2) is 59.9 Å². The number of nitrogens with zero attached hydrogens (tertiary/aromatic N) is 2. The first kappa shape index (κ1) is 20.2. The lowest BCUT2D eigenvalue weighted by Crippen LogP contribution is -2.50. The fourth-order valence-electron chi connectivity index (χ4n) is 5.20. The smallest absolute Gasteiger partial charge is 0.254 e. The van der Waals surface area contributed by atoms with Crippen LogP contribution in [0.3, 0.4) is 0 Å². The summed E-state index contributed by atoms with van der Waals surface area (Å²) in [5, 5.41) is 3.07. The fraction of sp³-hybridized carbons (Fsp3) is 0.440. The van der Waals surface area contributed by atoms with Gasteiger partial charge in [0.25, 0.3) is 5.91 Å².